The number of carbonyl (C=O) groups is 1. The highest BCUT2D eigenvalue weighted by atomic mass is 16.2. The van der Waals surface area contributed by atoms with Crippen molar-refractivity contribution in [1.29, 1.82) is 0 Å². The minimum atomic E-state index is 0.0177. The number of hydrogen-bond acceptors (Lipinski definition) is 2. The van der Waals surface area contributed by atoms with Gasteiger partial charge in [0.1, 0.15) is 6.04 Å². The first kappa shape index (κ1) is 13.6. The highest BCUT2D eigenvalue weighted by Gasteiger charge is 2.49. The Labute approximate surface area is 121 Å². The Kier molecular flexibility index (Phi) is 3.33. The lowest BCUT2D eigenvalue weighted by Gasteiger charge is -2.47. The van der Waals surface area contributed by atoms with Crippen LogP contribution in [0.25, 0.3) is 0 Å². The fourth-order valence-corrected chi connectivity index (χ4v) is 3.69. The molecule has 1 amide bonds. The lowest BCUT2D eigenvalue weighted by molar-refractivity contribution is -0.139. The van der Waals surface area contributed by atoms with Crippen LogP contribution in [0.15, 0.2) is 30.3 Å². The van der Waals surface area contributed by atoms with E-state index in [0.717, 1.165) is 6.54 Å². The highest BCUT2D eigenvalue weighted by molar-refractivity contribution is 5.89. The second-order valence-corrected chi connectivity index (χ2v) is 7.10. The maximum atomic E-state index is 12.1. The molecule has 0 aliphatic carbocycles. The Morgan fingerprint density at radius 3 is 2.50 bits per heavy atom. The van der Waals surface area contributed by atoms with Crippen molar-refractivity contribution in [3.8, 4) is 0 Å². The van der Waals surface area contributed by atoms with Crippen LogP contribution in [-0.4, -0.2) is 29.4 Å². The average molecular weight is 272 g/mol. The van der Waals surface area contributed by atoms with Crippen LogP contribution in [0.5, 0.6) is 0 Å². The number of β-lactam (4-membered cyclic amide) rings is 1. The van der Waals surface area contributed by atoms with E-state index < -0.39 is 0 Å². The fourth-order valence-electron chi connectivity index (χ4n) is 3.69. The van der Waals surface area contributed by atoms with Gasteiger partial charge < -0.3 is 5.32 Å². The van der Waals surface area contributed by atoms with Crippen LogP contribution in [0.3, 0.4) is 0 Å². The number of likely N-dealkylation sites (tertiary alicyclic amines) is 1. The van der Waals surface area contributed by atoms with Crippen LogP contribution in [-0.2, 0) is 4.79 Å². The van der Waals surface area contributed by atoms with Crippen molar-refractivity contribution in [3.63, 3.8) is 0 Å². The van der Waals surface area contributed by atoms with Gasteiger partial charge in [0, 0.05) is 6.04 Å². The first-order chi connectivity index (χ1) is 9.48. The van der Waals surface area contributed by atoms with E-state index in [1.165, 1.54) is 18.4 Å². The summed E-state index contributed by atoms with van der Waals surface area (Å²) >= 11 is 0. The summed E-state index contributed by atoms with van der Waals surface area (Å²) in [4.78, 5) is 14.6. The number of carbonyl (C=O) groups excluding carboxylic acids is 1. The quantitative estimate of drug-likeness (QED) is 0.840. The molecule has 1 aromatic rings. The predicted octanol–water partition coefficient (Wildman–Crippen LogP) is 2.74. The van der Waals surface area contributed by atoms with Crippen molar-refractivity contribution >= 4 is 5.91 Å². The summed E-state index contributed by atoms with van der Waals surface area (Å²) in [6.45, 7) is 7.89. The monoisotopic (exact) mass is 272 g/mol. The lowest BCUT2D eigenvalue weighted by atomic mass is 9.82. The Morgan fingerprint density at radius 1 is 1.20 bits per heavy atom. The smallest absolute Gasteiger partial charge is 0.240 e. The van der Waals surface area contributed by atoms with Crippen molar-refractivity contribution in [2.75, 3.05) is 6.54 Å². The summed E-state index contributed by atoms with van der Waals surface area (Å²) in [5.74, 6) is 0.190. The van der Waals surface area contributed by atoms with Gasteiger partial charge in [0.2, 0.25) is 5.91 Å². The van der Waals surface area contributed by atoms with Crippen molar-refractivity contribution in [2.45, 2.75) is 51.7 Å². The average Bonchev–Trinajstić information content (AvgIpc) is 2.85. The molecule has 0 bridgehead atoms. The third-order valence-corrected chi connectivity index (χ3v) is 4.69. The van der Waals surface area contributed by atoms with Gasteiger partial charge in [0.25, 0.3) is 0 Å². The Morgan fingerprint density at radius 2 is 1.90 bits per heavy atom. The van der Waals surface area contributed by atoms with Crippen LogP contribution in [0.4, 0.5) is 0 Å². The van der Waals surface area contributed by atoms with Gasteiger partial charge >= 0.3 is 0 Å². The van der Waals surface area contributed by atoms with Crippen LogP contribution in [0, 0.1) is 5.41 Å². The molecule has 2 heterocycles. The zero-order valence-electron chi connectivity index (χ0n) is 12.6. The van der Waals surface area contributed by atoms with E-state index in [2.05, 4.69) is 43.1 Å². The van der Waals surface area contributed by atoms with Gasteiger partial charge in [-0.3, -0.25) is 9.69 Å². The normalized spacial score (nSPS) is 30.9. The van der Waals surface area contributed by atoms with E-state index >= 15 is 0 Å². The van der Waals surface area contributed by atoms with Crippen LogP contribution < -0.4 is 5.32 Å². The van der Waals surface area contributed by atoms with Crippen LogP contribution >= 0.6 is 0 Å². The molecule has 0 spiro atoms. The zero-order valence-corrected chi connectivity index (χ0v) is 12.6. The third-order valence-electron chi connectivity index (χ3n) is 4.69. The molecule has 0 saturated carbocycles. The van der Waals surface area contributed by atoms with Crippen LogP contribution in [0.2, 0.25) is 0 Å². The van der Waals surface area contributed by atoms with Gasteiger partial charge in [-0.1, -0.05) is 51.1 Å². The maximum absolute atomic E-state index is 12.1. The summed E-state index contributed by atoms with van der Waals surface area (Å²) in [7, 11) is 0. The van der Waals surface area contributed by atoms with E-state index in [-0.39, 0.29) is 23.4 Å². The van der Waals surface area contributed by atoms with E-state index in [4.69, 9.17) is 0 Å². The molecule has 20 heavy (non-hydrogen) atoms. The predicted molar refractivity (Wildman–Crippen MR) is 80.3 cm³/mol. The topological polar surface area (TPSA) is 32.3 Å². The largest absolute Gasteiger partial charge is 0.346 e. The first-order valence-electron chi connectivity index (χ1n) is 7.59. The summed E-state index contributed by atoms with van der Waals surface area (Å²) in [5, 5.41) is 3.08. The molecular formula is C17H24N2O. The molecule has 2 aliphatic heterocycles. The van der Waals surface area contributed by atoms with Gasteiger partial charge in [-0.25, -0.2) is 0 Å². The van der Waals surface area contributed by atoms with Gasteiger partial charge in [0.15, 0.2) is 0 Å². The number of benzene rings is 1. The van der Waals surface area contributed by atoms with Gasteiger partial charge in [0.05, 0.1) is 6.04 Å². The highest BCUT2D eigenvalue weighted by Crippen LogP contribution is 2.39. The van der Waals surface area contributed by atoms with E-state index in [9.17, 15) is 4.79 Å². The minimum Gasteiger partial charge on any atom is -0.346 e. The fraction of sp³-hybridized carbons (Fsp3) is 0.588. The van der Waals surface area contributed by atoms with Gasteiger partial charge in [-0.05, 0) is 30.4 Å². The first-order valence-corrected chi connectivity index (χ1v) is 7.59. The van der Waals surface area contributed by atoms with Crippen LogP contribution in [0.1, 0.15) is 45.2 Å². The SMILES string of the molecule is CC(C)(C)[C@@H]1CCCN1[C@H]1C(=O)N[C@H]1c1ccccc1. The molecule has 0 radical (unpaired) electrons. The lowest BCUT2D eigenvalue weighted by Crippen LogP contribution is -2.65. The van der Waals surface area contributed by atoms with Crippen molar-refractivity contribution in [3.05, 3.63) is 35.9 Å². The molecule has 2 saturated heterocycles. The maximum Gasteiger partial charge on any atom is 0.240 e. The molecule has 3 atom stereocenters. The molecular weight excluding hydrogens is 248 g/mol. The molecule has 108 valence electrons. The summed E-state index contributed by atoms with van der Waals surface area (Å²) in [6, 6.07) is 11.0. The second kappa shape index (κ2) is 4.88. The third kappa shape index (κ3) is 2.24. The zero-order chi connectivity index (χ0) is 14.3. The molecule has 1 N–H and O–H groups in total. The summed E-state index contributed by atoms with van der Waals surface area (Å²) in [6.07, 6.45) is 2.40. The van der Waals surface area contributed by atoms with Crippen molar-refractivity contribution in [1.82, 2.24) is 10.2 Å². The molecule has 3 nitrogen and oxygen atoms in total. The van der Waals surface area contributed by atoms with E-state index in [0.29, 0.717) is 6.04 Å². The minimum absolute atomic E-state index is 0.0177. The molecule has 0 unspecified atom stereocenters. The molecule has 3 rings (SSSR count). The number of nitrogens with zero attached hydrogens (tertiary/aromatic N) is 1. The second-order valence-electron chi connectivity index (χ2n) is 7.10. The standard InChI is InChI=1S/C17H24N2O/c1-17(2,3)13-10-7-11-19(13)15-14(18-16(15)20)12-8-5-4-6-9-12/h4-6,8-9,13-15H,7,10-11H2,1-3H3,(H,18,20)/t13-,14-,15+/m0/s1. The molecule has 2 aliphatic rings. The molecule has 2 fully saturated rings. The van der Waals surface area contributed by atoms with Gasteiger partial charge in [-0.15, -0.1) is 0 Å². The molecule has 0 aromatic heterocycles. The van der Waals surface area contributed by atoms with Gasteiger partial charge in [-0.2, -0.15) is 0 Å². The summed E-state index contributed by atoms with van der Waals surface area (Å²) < 4.78 is 0. The Hall–Kier alpha value is -1.35. The van der Waals surface area contributed by atoms with Crippen molar-refractivity contribution < 1.29 is 4.79 Å². The number of amides is 1. The molecule has 1 aromatic carbocycles. The molecule has 3 heteroatoms. The van der Waals surface area contributed by atoms with E-state index in [1.807, 2.05) is 18.2 Å². The Bertz CT molecular complexity index is 491. The van der Waals surface area contributed by atoms with Crippen molar-refractivity contribution in [2.24, 2.45) is 5.41 Å². The number of rotatable bonds is 2. The summed E-state index contributed by atoms with van der Waals surface area (Å²) in [5.41, 5.74) is 1.45. The van der Waals surface area contributed by atoms with E-state index in [1.54, 1.807) is 0 Å². The number of nitrogens with one attached hydrogen (secondary N) is 1. The number of hydrogen-bond donors (Lipinski definition) is 1. The Balaban J connectivity index is 1.83.